The van der Waals surface area contributed by atoms with Gasteiger partial charge < -0.3 is 4.74 Å². The molecule has 0 N–H and O–H groups in total. The van der Waals surface area contributed by atoms with Crippen LogP contribution >= 0.6 is 0 Å². The molecule has 1 aromatic carbocycles. The SMILES string of the molecule is C#CCOc1ccc(C#N)cc1F. The van der Waals surface area contributed by atoms with Gasteiger partial charge in [-0.05, 0) is 18.2 Å². The summed E-state index contributed by atoms with van der Waals surface area (Å²) < 4.78 is 17.9. The monoisotopic (exact) mass is 175 g/mol. The summed E-state index contributed by atoms with van der Waals surface area (Å²) in [5.41, 5.74) is 0.255. The minimum atomic E-state index is -0.575. The van der Waals surface area contributed by atoms with Crippen LogP contribution in [0.25, 0.3) is 0 Å². The predicted molar refractivity (Wildman–Crippen MR) is 45.4 cm³/mol. The van der Waals surface area contributed by atoms with Gasteiger partial charge in [0.2, 0.25) is 0 Å². The van der Waals surface area contributed by atoms with Gasteiger partial charge in [0.1, 0.15) is 6.61 Å². The molecule has 0 aliphatic heterocycles. The number of terminal acetylenes is 1. The molecule has 0 saturated heterocycles. The Morgan fingerprint density at radius 1 is 1.54 bits per heavy atom. The summed E-state index contributed by atoms with van der Waals surface area (Å²) in [5.74, 6) is 1.71. The summed E-state index contributed by atoms with van der Waals surface area (Å²) in [6.45, 7) is 0.0167. The lowest BCUT2D eigenvalue weighted by molar-refractivity contribution is 0.348. The summed E-state index contributed by atoms with van der Waals surface area (Å²) in [7, 11) is 0. The molecule has 64 valence electrons. The van der Waals surface area contributed by atoms with Gasteiger partial charge in [-0.25, -0.2) is 4.39 Å². The molecule has 2 nitrogen and oxygen atoms in total. The minimum absolute atomic E-state index is 0.0167. The third kappa shape index (κ3) is 2.21. The molecule has 0 fully saturated rings. The van der Waals surface area contributed by atoms with Crippen molar-refractivity contribution in [2.75, 3.05) is 6.61 Å². The lowest BCUT2D eigenvalue weighted by Crippen LogP contribution is -1.96. The Hall–Kier alpha value is -2.00. The number of rotatable bonds is 2. The van der Waals surface area contributed by atoms with Crippen LogP contribution in [0.15, 0.2) is 18.2 Å². The van der Waals surface area contributed by atoms with Crippen LogP contribution in [-0.2, 0) is 0 Å². The molecule has 13 heavy (non-hydrogen) atoms. The summed E-state index contributed by atoms with van der Waals surface area (Å²) >= 11 is 0. The van der Waals surface area contributed by atoms with Crippen molar-refractivity contribution >= 4 is 0 Å². The molecule has 0 aromatic heterocycles. The maximum Gasteiger partial charge on any atom is 0.166 e. The Bertz CT molecular complexity index is 387. The first kappa shape index (κ1) is 9.09. The Morgan fingerprint density at radius 2 is 2.31 bits per heavy atom. The maximum atomic E-state index is 13.0. The fourth-order valence-electron chi connectivity index (χ4n) is 0.807. The fraction of sp³-hybridized carbons (Fsp3) is 0.100. The van der Waals surface area contributed by atoms with Crippen LogP contribution in [0.1, 0.15) is 5.56 Å². The molecule has 0 unspecified atom stereocenters. The highest BCUT2D eigenvalue weighted by atomic mass is 19.1. The minimum Gasteiger partial charge on any atom is -0.478 e. The number of nitrogens with zero attached hydrogens (tertiary/aromatic N) is 1. The highest BCUT2D eigenvalue weighted by Gasteiger charge is 2.03. The maximum absolute atomic E-state index is 13.0. The average molecular weight is 175 g/mol. The Labute approximate surface area is 75.6 Å². The summed E-state index contributed by atoms with van der Waals surface area (Å²) in [4.78, 5) is 0. The van der Waals surface area contributed by atoms with Gasteiger partial charge in [-0.15, -0.1) is 6.42 Å². The Kier molecular flexibility index (Phi) is 2.89. The first-order valence-corrected chi connectivity index (χ1v) is 3.54. The van der Waals surface area contributed by atoms with Gasteiger partial charge in [0.05, 0.1) is 11.6 Å². The van der Waals surface area contributed by atoms with E-state index in [9.17, 15) is 4.39 Å². The molecule has 1 rings (SSSR count). The van der Waals surface area contributed by atoms with Gasteiger partial charge in [0.25, 0.3) is 0 Å². The van der Waals surface area contributed by atoms with Gasteiger partial charge in [0, 0.05) is 0 Å². The summed E-state index contributed by atoms with van der Waals surface area (Å²) in [5, 5.41) is 8.44. The zero-order valence-corrected chi connectivity index (χ0v) is 6.75. The van der Waals surface area contributed by atoms with E-state index in [1.54, 1.807) is 0 Å². The van der Waals surface area contributed by atoms with Gasteiger partial charge in [-0.2, -0.15) is 5.26 Å². The van der Waals surface area contributed by atoms with E-state index in [1.165, 1.54) is 12.1 Å². The highest BCUT2D eigenvalue weighted by Crippen LogP contribution is 2.17. The van der Waals surface area contributed by atoms with Crippen LogP contribution < -0.4 is 4.74 Å². The van der Waals surface area contributed by atoms with Crippen molar-refractivity contribution in [1.29, 1.82) is 5.26 Å². The number of hydrogen-bond donors (Lipinski definition) is 0. The second-order valence-electron chi connectivity index (χ2n) is 2.25. The van der Waals surface area contributed by atoms with Crippen molar-refractivity contribution in [3.05, 3.63) is 29.6 Å². The molecule has 0 saturated carbocycles. The topological polar surface area (TPSA) is 33.0 Å². The first-order valence-electron chi connectivity index (χ1n) is 3.54. The van der Waals surface area contributed by atoms with Crippen LogP contribution in [-0.4, -0.2) is 6.61 Å². The van der Waals surface area contributed by atoms with E-state index in [-0.39, 0.29) is 17.9 Å². The summed E-state index contributed by atoms with van der Waals surface area (Å²) in [6.07, 6.45) is 4.93. The first-order chi connectivity index (χ1) is 6.27. The third-order valence-electron chi connectivity index (χ3n) is 1.37. The molecular formula is C10H6FNO. The molecule has 0 aliphatic rings. The Balaban J connectivity index is 2.88. The molecule has 0 heterocycles. The molecule has 1 aromatic rings. The molecule has 0 atom stereocenters. The van der Waals surface area contributed by atoms with E-state index in [2.05, 4.69) is 5.92 Å². The van der Waals surface area contributed by atoms with Crippen molar-refractivity contribution in [2.45, 2.75) is 0 Å². The van der Waals surface area contributed by atoms with E-state index in [1.807, 2.05) is 6.07 Å². The standard InChI is InChI=1S/C10H6FNO/c1-2-5-13-10-4-3-8(7-12)6-9(10)11/h1,3-4,6H,5H2. The van der Waals surface area contributed by atoms with Crippen molar-refractivity contribution in [3.63, 3.8) is 0 Å². The molecule has 3 heteroatoms. The van der Waals surface area contributed by atoms with Crippen molar-refractivity contribution in [1.82, 2.24) is 0 Å². The number of benzene rings is 1. The fourth-order valence-corrected chi connectivity index (χ4v) is 0.807. The van der Waals surface area contributed by atoms with Crippen LogP contribution in [0.3, 0.4) is 0 Å². The van der Waals surface area contributed by atoms with Crippen LogP contribution in [0.2, 0.25) is 0 Å². The van der Waals surface area contributed by atoms with E-state index < -0.39 is 5.82 Å². The van der Waals surface area contributed by atoms with Gasteiger partial charge in [-0.1, -0.05) is 5.92 Å². The van der Waals surface area contributed by atoms with Crippen molar-refractivity contribution in [2.24, 2.45) is 0 Å². The second kappa shape index (κ2) is 4.13. The highest BCUT2D eigenvalue weighted by molar-refractivity contribution is 5.36. The van der Waals surface area contributed by atoms with E-state index in [4.69, 9.17) is 16.4 Å². The molecule has 0 amide bonds. The lowest BCUT2D eigenvalue weighted by atomic mass is 10.2. The lowest BCUT2D eigenvalue weighted by Gasteiger charge is -2.02. The number of hydrogen-bond acceptors (Lipinski definition) is 2. The van der Waals surface area contributed by atoms with Crippen LogP contribution in [0.4, 0.5) is 4.39 Å². The van der Waals surface area contributed by atoms with E-state index in [0.717, 1.165) is 6.07 Å². The second-order valence-corrected chi connectivity index (χ2v) is 2.25. The normalized spacial score (nSPS) is 8.54. The third-order valence-corrected chi connectivity index (χ3v) is 1.37. The molecule has 0 aliphatic carbocycles. The van der Waals surface area contributed by atoms with Crippen molar-refractivity contribution < 1.29 is 9.13 Å². The molecule has 0 spiro atoms. The van der Waals surface area contributed by atoms with Gasteiger partial charge >= 0.3 is 0 Å². The van der Waals surface area contributed by atoms with Crippen LogP contribution in [0.5, 0.6) is 5.75 Å². The molecule has 0 radical (unpaired) electrons. The largest absolute Gasteiger partial charge is 0.478 e. The number of ether oxygens (including phenoxy) is 1. The Morgan fingerprint density at radius 3 is 2.85 bits per heavy atom. The predicted octanol–water partition coefficient (Wildman–Crippen LogP) is 1.71. The quantitative estimate of drug-likeness (QED) is 0.641. The molecular weight excluding hydrogens is 169 g/mol. The number of halogens is 1. The smallest absolute Gasteiger partial charge is 0.166 e. The van der Waals surface area contributed by atoms with E-state index in [0.29, 0.717) is 0 Å². The zero-order chi connectivity index (χ0) is 9.68. The van der Waals surface area contributed by atoms with Gasteiger partial charge in [-0.3, -0.25) is 0 Å². The van der Waals surface area contributed by atoms with E-state index >= 15 is 0 Å². The summed E-state index contributed by atoms with van der Waals surface area (Å²) in [6, 6.07) is 5.77. The van der Waals surface area contributed by atoms with Crippen LogP contribution in [0, 0.1) is 29.5 Å². The zero-order valence-electron chi connectivity index (χ0n) is 6.75. The molecule has 0 bridgehead atoms. The number of nitriles is 1. The van der Waals surface area contributed by atoms with Crippen molar-refractivity contribution in [3.8, 4) is 24.2 Å². The average Bonchev–Trinajstić information content (AvgIpc) is 2.16. The van der Waals surface area contributed by atoms with Gasteiger partial charge in [0.15, 0.2) is 11.6 Å².